The first-order valence-electron chi connectivity index (χ1n) is 9.38. The minimum absolute atomic E-state index is 0.144. The Kier molecular flexibility index (Phi) is 9.07. The Balaban J connectivity index is 1.57. The molecule has 1 heterocycles. The summed E-state index contributed by atoms with van der Waals surface area (Å²) >= 11 is 6.60. The van der Waals surface area contributed by atoms with Crippen molar-refractivity contribution in [2.75, 3.05) is 32.0 Å². The molecule has 148 valence electrons. The number of amides is 1. The van der Waals surface area contributed by atoms with Crippen LogP contribution in [-0.2, 0) is 20.7 Å². The van der Waals surface area contributed by atoms with Crippen LogP contribution in [0.25, 0.3) is 0 Å². The lowest BCUT2D eigenvalue weighted by atomic mass is 10.0. The van der Waals surface area contributed by atoms with Gasteiger partial charge in [-0.25, -0.2) is 0 Å². The van der Waals surface area contributed by atoms with E-state index in [0.717, 1.165) is 36.7 Å². The highest BCUT2D eigenvalue weighted by molar-refractivity contribution is 8.23. The van der Waals surface area contributed by atoms with Crippen molar-refractivity contribution >= 4 is 40.2 Å². The minimum Gasteiger partial charge on any atom is -0.455 e. The molecule has 7 heteroatoms. The standard InChI is InChI=1S/C20H28N2O3S2/c1-15(2)17-7-5-16(6-8-17)9-10-21-18(23)13-25-19(24)14-27-20(26)22-11-3-4-12-22/h5-8,15H,3-4,9-14H2,1-2H3,(H,21,23). The Morgan fingerprint density at radius 2 is 1.89 bits per heavy atom. The lowest BCUT2D eigenvalue weighted by molar-refractivity contribution is -0.145. The van der Waals surface area contributed by atoms with Gasteiger partial charge in [0.1, 0.15) is 4.32 Å². The van der Waals surface area contributed by atoms with E-state index >= 15 is 0 Å². The molecule has 0 aliphatic carbocycles. The fourth-order valence-electron chi connectivity index (χ4n) is 2.77. The molecule has 0 saturated carbocycles. The molecular weight excluding hydrogens is 380 g/mol. The number of thioether (sulfide) groups is 1. The molecule has 27 heavy (non-hydrogen) atoms. The number of rotatable bonds is 8. The Morgan fingerprint density at radius 3 is 2.52 bits per heavy atom. The van der Waals surface area contributed by atoms with Crippen molar-refractivity contribution in [1.29, 1.82) is 0 Å². The number of thiocarbonyl (C=S) groups is 1. The van der Waals surface area contributed by atoms with Crippen LogP contribution in [0.5, 0.6) is 0 Å². The SMILES string of the molecule is CC(C)c1ccc(CCNC(=O)COC(=O)CSC(=S)N2CCCC2)cc1. The van der Waals surface area contributed by atoms with Gasteiger partial charge >= 0.3 is 5.97 Å². The molecule has 1 aromatic rings. The molecule has 0 atom stereocenters. The van der Waals surface area contributed by atoms with Gasteiger partial charge in [-0.05, 0) is 36.3 Å². The topological polar surface area (TPSA) is 58.6 Å². The molecule has 0 unspecified atom stereocenters. The highest BCUT2D eigenvalue weighted by Crippen LogP contribution is 2.16. The maximum absolute atomic E-state index is 11.8. The van der Waals surface area contributed by atoms with Crippen molar-refractivity contribution in [3.8, 4) is 0 Å². The molecular formula is C20H28N2O3S2. The maximum Gasteiger partial charge on any atom is 0.316 e. The zero-order valence-corrected chi connectivity index (χ0v) is 17.7. The maximum atomic E-state index is 11.8. The van der Waals surface area contributed by atoms with Crippen molar-refractivity contribution in [2.45, 2.75) is 39.0 Å². The van der Waals surface area contributed by atoms with Crippen molar-refractivity contribution in [1.82, 2.24) is 10.2 Å². The molecule has 1 aliphatic rings. The van der Waals surface area contributed by atoms with Crippen LogP contribution in [0.4, 0.5) is 0 Å². The van der Waals surface area contributed by atoms with E-state index in [9.17, 15) is 9.59 Å². The molecule has 0 spiro atoms. The quantitative estimate of drug-likeness (QED) is 0.527. The van der Waals surface area contributed by atoms with Crippen LogP contribution < -0.4 is 5.32 Å². The Morgan fingerprint density at radius 1 is 1.22 bits per heavy atom. The third-order valence-electron chi connectivity index (χ3n) is 4.42. The molecule has 0 aromatic heterocycles. The monoisotopic (exact) mass is 408 g/mol. The fraction of sp³-hybridized carbons (Fsp3) is 0.550. The van der Waals surface area contributed by atoms with E-state index in [1.807, 2.05) is 0 Å². The Labute approximate surface area is 171 Å². The number of carbonyl (C=O) groups excluding carboxylic acids is 2. The summed E-state index contributed by atoms with van der Waals surface area (Å²) in [6.07, 6.45) is 3.04. The third-order valence-corrected chi connectivity index (χ3v) is 5.92. The van der Waals surface area contributed by atoms with Crippen molar-refractivity contribution in [2.24, 2.45) is 0 Å². The van der Waals surface area contributed by atoms with Gasteiger partial charge in [0.15, 0.2) is 6.61 Å². The van der Waals surface area contributed by atoms with E-state index in [2.05, 4.69) is 48.3 Å². The van der Waals surface area contributed by atoms with Crippen LogP contribution in [0.1, 0.15) is 43.7 Å². The summed E-state index contributed by atoms with van der Waals surface area (Å²) in [5.41, 5.74) is 2.47. The Hall–Kier alpha value is -1.60. The molecule has 1 aliphatic heterocycles. The summed E-state index contributed by atoms with van der Waals surface area (Å²) in [5, 5.41) is 2.78. The third kappa shape index (κ3) is 7.89. The summed E-state index contributed by atoms with van der Waals surface area (Å²) in [5.74, 6) is -0.0447. The predicted octanol–water partition coefficient (Wildman–Crippen LogP) is 3.13. The first kappa shape index (κ1) is 21.7. The van der Waals surface area contributed by atoms with E-state index in [4.69, 9.17) is 17.0 Å². The van der Waals surface area contributed by atoms with Gasteiger partial charge in [0.05, 0.1) is 5.75 Å². The number of hydrogen-bond acceptors (Lipinski definition) is 5. The van der Waals surface area contributed by atoms with Gasteiger partial charge in [-0.1, -0.05) is 62.1 Å². The van der Waals surface area contributed by atoms with Gasteiger partial charge in [-0.2, -0.15) is 0 Å². The van der Waals surface area contributed by atoms with Crippen LogP contribution in [-0.4, -0.2) is 53.1 Å². The molecule has 1 saturated heterocycles. The molecule has 1 amide bonds. The molecule has 5 nitrogen and oxygen atoms in total. The second-order valence-electron chi connectivity index (χ2n) is 6.91. The summed E-state index contributed by atoms with van der Waals surface area (Å²) in [7, 11) is 0. The smallest absolute Gasteiger partial charge is 0.316 e. The number of nitrogens with one attached hydrogen (secondary N) is 1. The average Bonchev–Trinajstić information content (AvgIpc) is 3.19. The first-order chi connectivity index (χ1) is 13.0. The van der Waals surface area contributed by atoms with E-state index in [1.165, 1.54) is 22.9 Å². The van der Waals surface area contributed by atoms with Crippen molar-refractivity contribution in [3.63, 3.8) is 0 Å². The predicted molar refractivity (Wildman–Crippen MR) is 114 cm³/mol. The number of hydrogen-bond donors (Lipinski definition) is 1. The largest absolute Gasteiger partial charge is 0.455 e. The summed E-state index contributed by atoms with van der Waals surface area (Å²) < 4.78 is 5.75. The number of benzene rings is 1. The van der Waals surface area contributed by atoms with Gasteiger partial charge in [-0.15, -0.1) is 0 Å². The van der Waals surface area contributed by atoms with Crippen LogP contribution >= 0.6 is 24.0 Å². The number of esters is 1. The van der Waals surface area contributed by atoms with Crippen molar-refractivity contribution < 1.29 is 14.3 Å². The molecule has 0 bridgehead atoms. The van der Waals surface area contributed by atoms with Crippen molar-refractivity contribution in [3.05, 3.63) is 35.4 Å². The molecule has 2 rings (SSSR count). The molecule has 1 fully saturated rings. The minimum atomic E-state index is -0.416. The van der Waals surface area contributed by atoms with Gasteiger partial charge in [-0.3, -0.25) is 9.59 Å². The fourth-order valence-corrected chi connectivity index (χ4v) is 3.82. The van der Waals surface area contributed by atoms with E-state index in [-0.39, 0.29) is 18.3 Å². The summed E-state index contributed by atoms with van der Waals surface area (Å²) in [4.78, 5) is 25.7. The van der Waals surface area contributed by atoms with Crippen LogP contribution in [0.2, 0.25) is 0 Å². The molecule has 1 aromatic carbocycles. The van der Waals surface area contributed by atoms with E-state index in [0.29, 0.717) is 12.5 Å². The number of likely N-dealkylation sites (tertiary alicyclic amines) is 1. The lowest BCUT2D eigenvalue weighted by Gasteiger charge is -2.17. The number of nitrogens with zero attached hydrogens (tertiary/aromatic N) is 1. The molecule has 1 N–H and O–H groups in total. The average molecular weight is 409 g/mol. The summed E-state index contributed by atoms with van der Waals surface area (Å²) in [6, 6.07) is 8.41. The summed E-state index contributed by atoms with van der Waals surface area (Å²) in [6.45, 7) is 6.52. The normalized spacial score (nSPS) is 13.7. The van der Waals surface area contributed by atoms with E-state index in [1.54, 1.807) is 0 Å². The zero-order valence-electron chi connectivity index (χ0n) is 16.0. The van der Waals surface area contributed by atoms with Crippen LogP contribution in [0, 0.1) is 0 Å². The van der Waals surface area contributed by atoms with Gasteiger partial charge in [0, 0.05) is 19.6 Å². The van der Waals surface area contributed by atoms with Crippen LogP contribution in [0.3, 0.4) is 0 Å². The number of ether oxygens (including phenoxy) is 1. The highest BCUT2D eigenvalue weighted by Gasteiger charge is 2.17. The van der Waals surface area contributed by atoms with Crippen LogP contribution in [0.15, 0.2) is 24.3 Å². The van der Waals surface area contributed by atoms with Gasteiger partial charge in [0.25, 0.3) is 5.91 Å². The Bertz CT molecular complexity index is 641. The second-order valence-corrected chi connectivity index (χ2v) is 8.51. The highest BCUT2D eigenvalue weighted by atomic mass is 32.2. The molecule has 0 radical (unpaired) electrons. The van der Waals surface area contributed by atoms with E-state index < -0.39 is 5.97 Å². The van der Waals surface area contributed by atoms with Gasteiger partial charge < -0.3 is 15.0 Å². The lowest BCUT2D eigenvalue weighted by Crippen LogP contribution is -2.31. The van der Waals surface area contributed by atoms with Gasteiger partial charge in [0.2, 0.25) is 0 Å². The zero-order chi connectivity index (χ0) is 19.6. The number of carbonyl (C=O) groups is 2. The second kappa shape index (κ2) is 11.3. The first-order valence-corrected chi connectivity index (χ1v) is 10.8.